The van der Waals surface area contributed by atoms with Crippen LogP contribution in [0.3, 0.4) is 0 Å². The summed E-state index contributed by atoms with van der Waals surface area (Å²) in [6.45, 7) is 0. The van der Waals surface area contributed by atoms with E-state index in [2.05, 4.69) is 0 Å². The monoisotopic (exact) mass is 347 g/mol. The second-order valence-corrected chi connectivity index (χ2v) is 6.83. The lowest BCUT2D eigenvalue weighted by atomic mass is 9.87. The van der Waals surface area contributed by atoms with E-state index >= 15 is 0 Å². The van der Waals surface area contributed by atoms with Crippen LogP contribution in [0.15, 0.2) is 78.9 Å². The van der Waals surface area contributed by atoms with Gasteiger partial charge in [0.1, 0.15) is 10.8 Å². The van der Waals surface area contributed by atoms with Crippen LogP contribution in [0.4, 0.5) is 0 Å². The largest absolute Gasteiger partial charge is 0.497 e. The van der Waals surface area contributed by atoms with E-state index in [4.69, 9.17) is 9.72 Å². The maximum absolute atomic E-state index is 11.8. The van der Waals surface area contributed by atoms with Crippen LogP contribution >= 0.6 is 11.3 Å². The van der Waals surface area contributed by atoms with Gasteiger partial charge in [0.05, 0.1) is 17.3 Å². The molecule has 0 fully saturated rings. The summed E-state index contributed by atoms with van der Waals surface area (Å²) in [6, 6.07) is 25.1. The molecule has 0 unspecified atom stereocenters. The minimum Gasteiger partial charge on any atom is -0.497 e. The van der Waals surface area contributed by atoms with E-state index in [0.29, 0.717) is 5.01 Å². The number of thiazole rings is 1. The lowest BCUT2D eigenvalue weighted by Crippen LogP contribution is -2.28. The van der Waals surface area contributed by atoms with Crippen molar-refractivity contribution in [2.24, 2.45) is 0 Å². The fourth-order valence-corrected chi connectivity index (χ4v) is 4.09. The van der Waals surface area contributed by atoms with Crippen LogP contribution in [0, 0.1) is 0 Å². The molecule has 0 aliphatic rings. The van der Waals surface area contributed by atoms with E-state index < -0.39 is 5.60 Å². The molecule has 0 saturated heterocycles. The van der Waals surface area contributed by atoms with Crippen molar-refractivity contribution in [1.29, 1.82) is 0 Å². The van der Waals surface area contributed by atoms with Gasteiger partial charge in [-0.05, 0) is 29.3 Å². The summed E-state index contributed by atoms with van der Waals surface area (Å²) in [6.07, 6.45) is 0. The molecule has 124 valence electrons. The molecular weight excluding hydrogens is 330 g/mol. The second kappa shape index (κ2) is 6.31. The molecule has 0 spiro atoms. The van der Waals surface area contributed by atoms with Crippen LogP contribution in [0.2, 0.25) is 0 Å². The van der Waals surface area contributed by atoms with Crippen molar-refractivity contribution >= 4 is 21.6 Å². The summed E-state index contributed by atoms with van der Waals surface area (Å²) < 4.78 is 6.29. The maximum Gasteiger partial charge on any atom is 0.166 e. The van der Waals surface area contributed by atoms with Gasteiger partial charge >= 0.3 is 0 Å². The molecule has 0 bridgehead atoms. The number of rotatable bonds is 4. The Morgan fingerprint density at radius 2 is 1.48 bits per heavy atom. The van der Waals surface area contributed by atoms with Crippen LogP contribution in [0.1, 0.15) is 16.1 Å². The van der Waals surface area contributed by atoms with Gasteiger partial charge in [-0.2, -0.15) is 0 Å². The summed E-state index contributed by atoms with van der Waals surface area (Å²) >= 11 is 1.48. The number of hydrogen-bond donors (Lipinski definition) is 1. The molecule has 0 amide bonds. The lowest BCUT2D eigenvalue weighted by Gasteiger charge is -2.27. The molecule has 0 aliphatic carbocycles. The molecular formula is C21H17NO2S. The van der Waals surface area contributed by atoms with Gasteiger partial charge in [-0.3, -0.25) is 0 Å². The molecule has 1 N–H and O–H groups in total. The van der Waals surface area contributed by atoms with Crippen molar-refractivity contribution in [1.82, 2.24) is 4.98 Å². The second-order valence-electron chi connectivity index (χ2n) is 5.80. The average molecular weight is 347 g/mol. The number of fused-ring (bicyclic) bond motifs is 1. The summed E-state index contributed by atoms with van der Waals surface area (Å²) in [5.74, 6) is 0.783. The first kappa shape index (κ1) is 15.8. The Morgan fingerprint density at radius 3 is 2.04 bits per heavy atom. The van der Waals surface area contributed by atoms with Gasteiger partial charge in [0.2, 0.25) is 0 Å². The third kappa shape index (κ3) is 2.69. The van der Waals surface area contributed by atoms with Crippen LogP contribution in [0.25, 0.3) is 10.2 Å². The Hall–Kier alpha value is -2.69. The molecule has 3 aromatic carbocycles. The van der Waals surface area contributed by atoms with Crippen molar-refractivity contribution in [2.45, 2.75) is 5.60 Å². The van der Waals surface area contributed by atoms with E-state index in [1.165, 1.54) is 11.3 Å². The molecule has 3 nitrogen and oxygen atoms in total. The van der Waals surface area contributed by atoms with Crippen molar-refractivity contribution in [2.75, 3.05) is 7.11 Å². The zero-order chi connectivity index (χ0) is 17.3. The van der Waals surface area contributed by atoms with E-state index in [1.807, 2.05) is 78.9 Å². The molecule has 0 saturated carbocycles. The van der Waals surface area contributed by atoms with Crippen LogP contribution < -0.4 is 4.74 Å². The van der Waals surface area contributed by atoms with Crippen molar-refractivity contribution in [3.8, 4) is 5.75 Å². The molecule has 4 heteroatoms. The van der Waals surface area contributed by atoms with Gasteiger partial charge in [0, 0.05) is 0 Å². The highest BCUT2D eigenvalue weighted by molar-refractivity contribution is 7.18. The zero-order valence-corrected chi connectivity index (χ0v) is 14.5. The number of nitrogens with zero attached hydrogens (tertiary/aromatic N) is 1. The van der Waals surface area contributed by atoms with E-state index in [1.54, 1.807) is 7.11 Å². The van der Waals surface area contributed by atoms with Crippen LogP contribution in [-0.4, -0.2) is 17.2 Å². The number of hydrogen-bond acceptors (Lipinski definition) is 4. The molecule has 0 aliphatic heterocycles. The number of aromatic nitrogens is 1. The minimum atomic E-state index is -1.29. The first-order valence-electron chi connectivity index (χ1n) is 8.00. The summed E-state index contributed by atoms with van der Waals surface area (Å²) in [4.78, 5) is 4.73. The summed E-state index contributed by atoms with van der Waals surface area (Å²) in [5, 5.41) is 12.4. The SMILES string of the molecule is COc1ccc2nc(C(O)(c3ccccc3)c3ccccc3)sc2c1. The van der Waals surface area contributed by atoms with Crippen molar-refractivity contribution in [3.63, 3.8) is 0 Å². The topological polar surface area (TPSA) is 42.4 Å². The minimum absolute atomic E-state index is 0.646. The predicted octanol–water partition coefficient (Wildman–Crippen LogP) is 4.59. The molecule has 0 radical (unpaired) electrons. The first-order chi connectivity index (χ1) is 12.2. The predicted molar refractivity (Wildman–Crippen MR) is 101 cm³/mol. The number of methoxy groups -OCH3 is 1. The quantitative estimate of drug-likeness (QED) is 0.587. The first-order valence-corrected chi connectivity index (χ1v) is 8.82. The van der Waals surface area contributed by atoms with Crippen LogP contribution in [0.5, 0.6) is 5.75 Å². The van der Waals surface area contributed by atoms with E-state index in [9.17, 15) is 5.11 Å². The van der Waals surface area contributed by atoms with Gasteiger partial charge in [-0.1, -0.05) is 60.7 Å². The maximum atomic E-state index is 11.8. The van der Waals surface area contributed by atoms with Gasteiger partial charge in [0.15, 0.2) is 5.60 Å². The standard InChI is InChI=1S/C21H17NO2S/c1-24-17-12-13-18-19(14-17)25-20(22-18)21(23,15-8-4-2-5-9-15)16-10-6-3-7-11-16/h2-14,23H,1H3. The fraction of sp³-hybridized carbons (Fsp3) is 0.0952. The van der Waals surface area contributed by atoms with E-state index in [-0.39, 0.29) is 0 Å². The highest BCUT2D eigenvalue weighted by atomic mass is 32.1. The third-order valence-electron chi connectivity index (χ3n) is 4.29. The van der Waals surface area contributed by atoms with Crippen LogP contribution in [-0.2, 0) is 5.60 Å². The fourth-order valence-electron chi connectivity index (χ4n) is 2.96. The summed E-state index contributed by atoms with van der Waals surface area (Å²) in [7, 11) is 1.65. The highest BCUT2D eigenvalue weighted by Gasteiger charge is 2.37. The Bertz CT molecular complexity index is 957. The molecule has 1 aromatic heterocycles. The van der Waals surface area contributed by atoms with Crippen molar-refractivity contribution < 1.29 is 9.84 Å². The van der Waals surface area contributed by atoms with Gasteiger partial charge in [-0.15, -0.1) is 11.3 Å². The Balaban J connectivity index is 1.95. The molecule has 25 heavy (non-hydrogen) atoms. The molecule has 0 atom stereocenters. The van der Waals surface area contributed by atoms with E-state index in [0.717, 1.165) is 27.1 Å². The molecule has 4 rings (SSSR count). The Labute approximate surface area is 150 Å². The average Bonchev–Trinajstić information content (AvgIpc) is 3.12. The van der Waals surface area contributed by atoms with Crippen molar-refractivity contribution in [3.05, 3.63) is 95.0 Å². The Kier molecular flexibility index (Phi) is 3.99. The lowest BCUT2D eigenvalue weighted by molar-refractivity contribution is 0.125. The van der Waals surface area contributed by atoms with Gasteiger partial charge in [-0.25, -0.2) is 4.98 Å². The highest BCUT2D eigenvalue weighted by Crippen LogP contribution is 2.40. The van der Waals surface area contributed by atoms with Gasteiger partial charge < -0.3 is 9.84 Å². The zero-order valence-electron chi connectivity index (χ0n) is 13.7. The molecule has 4 aromatic rings. The normalized spacial score (nSPS) is 11.6. The summed E-state index contributed by atoms with van der Waals surface area (Å²) in [5.41, 5.74) is 1.16. The number of ether oxygens (including phenoxy) is 1. The molecule has 1 heterocycles. The Morgan fingerprint density at radius 1 is 0.880 bits per heavy atom. The third-order valence-corrected chi connectivity index (χ3v) is 5.42. The van der Waals surface area contributed by atoms with Gasteiger partial charge in [0.25, 0.3) is 0 Å². The number of aliphatic hydroxyl groups is 1. The number of benzene rings is 3. The smallest absolute Gasteiger partial charge is 0.166 e.